The molecule has 0 saturated carbocycles. The van der Waals surface area contributed by atoms with Gasteiger partial charge in [-0.05, 0) is 45.4 Å². The first-order valence-corrected chi connectivity index (χ1v) is 11.2. The summed E-state index contributed by atoms with van der Waals surface area (Å²) >= 11 is 0. The molecule has 1 saturated heterocycles. The van der Waals surface area contributed by atoms with Gasteiger partial charge in [-0.3, -0.25) is 0 Å². The lowest BCUT2D eigenvalue weighted by molar-refractivity contribution is 0.122. The van der Waals surface area contributed by atoms with Crippen LogP contribution >= 0.6 is 0 Å². The smallest absolute Gasteiger partial charge is 0.191 e. The van der Waals surface area contributed by atoms with E-state index in [0.717, 1.165) is 50.1 Å². The maximum Gasteiger partial charge on any atom is 0.191 e. The summed E-state index contributed by atoms with van der Waals surface area (Å²) in [5.41, 5.74) is 3.35. The van der Waals surface area contributed by atoms with E-state index in [1.807, 2.05) is 18.2 Å². The predicted molar refractivity (Wildman–Crippen MR) is 128 cm³/mol. The topological polar surface area (TPSA) is 58.1 Å². The molecular weight excluding hydrogens is 388 g/mol. The van der Waals surface area contributed by atoms with E-state index in [1.54, 1.807) is 0 Å². The number of anilines is 1. The van der Waals surface area contributed by atoms with Gasteiger partial charge in [-0.25, -0.2) is 4.99 Å². The van der Waals surface area contributed by atoms with Crippen molar-refractivity contribution in [2.24, 2.45) is 4.99 Å². The molecule has 0 aromatic heterocycles. The first-order valence-electron chi connectivity index (χ1n) is 11.2. The van der Waals surface area contributed by atoms with Gasteiger partial charge in [0.1, 0.15) is 11.4 Å². The summed E-state index contributed by atoms with van der Waals surface area (Å²) in [6, 6.07) is 16.7. The van der Waals surface area contributed by atoms with E-state index in [4.69, 9.17) is 14.5 Å². The van der Waals surface area contributed by atoms with Crippen molar-refractivity contribution in [2.75, 3.05) is 37.7 Å². The van der Waals surface area contributed by atoms with Gasteiger partial charge in [0, 0.05) is 37.4 Å². The number of rotatable bonds is 7. The molecule has 1 heterocycles. The van der Waals surface area contributed by atoms with Gasteiger partial charge >= 0.3 is 0 Å². The lowest BCUT2D eigenvalue weighted by Gasteiger charge is -2.30. The van der Waals surface area contributed by atoms with Crippen molar-refractivity contribution >= 4 is 11.6 Å². The monoisotopic (exact) mass is 424 g/mol. The Bertz CT molecular complexity index is 855. The highest BCUT2D eigenvalue weighted by atomic mass is 16.5. The summed E-state index contributed by atoms with van der Waals surface area (Å²) in [6.45, 7) is 13.7. The van der Waals surface area contributed by atoms with Crippen LogP contribution in [0.4, 0.5) is 5.69 Å². The van der Waals surface area contributed by atoms with Crippen LogP contribution in [0.2, 0.25) is 0 Å². The zero-order valence-electron chi connectivity index (χ0n) is 19.3. The van der Waals surface area contributed by atoms with Gasteiger partial charge in [0.05, 0.1) is 19.8 Å². The van der Waals surface area contributed by atoms with E-state index in [9.17, 15) is 0 Å². The van der Waals surface area contributed by atoms with Crippen LogP contribution in [0.15, 0.2) is 53.5 Å². The molecule has 0 aliphatic carbocycles. The SMILES string of the molecule is CCNC(=NCc1ccccc1OC(C)(C)C)NCc1ccccc1N1CCOCC1. The number of guanidine groups is 1. The quantitative estimate of drug-likeness (QED) is 0.521. The second-order valence-corrected chi connectivity index (χ2v) is 8.60. The largest absolute Gasteiger partial charge is 0.488 e. The molecular formula is C25H36N4O2. The van der Waals surface area contributed by atoms with Gasteiger partial charge in [0.15, 0.2) is 5.96 Å². The maximum atomic E-state index is 6.11. The molecule has 1 fully saturated rings. The molecule has 1 aliphatic heterocycles. The number of benzene rings is 2. The number of hydrogen-bond donors (Lipinski definition) is 2. The highest BCUT2D eigenvalue weighted by molar-refractivity contribution is 5.80. The lowest BCUT2D eigenvalue weighted by atomic mass is 10.1. The fourth-order valence-electron chi connectivity index (χ4n) is 3.52. The highest BCUT2D eigenvalue weighted by Gasteiger charge is 2.15. The lowest BCUT2D eigenvalue weighted by Crippen LogP contribution is -2.39. The molecule has 0 amide bonds. The minimum atomic E-state index is -0.244. The standard InChI is InChI=1S/C25H36N4O2/c1-5-26-24(28-19-21-11-7-9-13-23(21)31-25(2,3)4)27-18-20-10-6-8-12-22(20)29-14-16-30-17-15-29/h6-13H,5,14-19H2,1-4H3,(H2,26,27,28). The van der Waals surface area contributed by atoms with Crippen LogP contribution < -0.4 is 20.3 Å². The van der Waals surface area contributed by atoms with Crippen LogP contribution in [0.25, 0.3) is 0 Å². The number of nitrogens with zero attached hydrogens (tertiary/aromatic N) is 2. The normalized spacial score (nSPS) is 15.0. The predicted octanol–water partition coefficient (Wildman–Crippen LogP) is 3.96. The molecule has 0 radical (unpaired) electrons. The van der Waals surface area contributed by atoms with Gasteiger partial charge in [0.25, 0.3) is 0 Å². The summed E-state index contributed by atoms with van der Waals surface area (Å²) in [7, 11) is 0. The van der Waals surface area contributed by atoms with Gasteiger partial charge in [-0.15, -0.1) is 0 Å². The molecule has 2 aromatic rings. The fourth-order valence-corrected chi connectivity index (χ4v) is 3.52. The van der Waals surface area contributed by atoms with Crippen LogP contribution in [-0.2, 0) is 17.8 Å². The van der Waals surface area contributed by atoms with E-state index < -0.39 is 0 Å². The van der Waals surface area contributed by atoms with Crippen LogP contribution in [0, 0.1) is 0 Å². The van der Waals surface area contributed by atoms with Crippen LogP contribution in [-0.4, -0.2) is 44.4 Å². The molecule has 168 valence electrons. The van der Waals surface area contributed by atoms with Crippen molar-refractivity contribution in [3.63, 3.8) is 0 Å². The average molecular weight is 425 g/mol. The Labute approximate surface area is 186 Å². The zero-order valence-corrected chi connectivity index (χ0v) is 19.3. The molecule has 6 nitrogen and oxygen atoms in total. The van der Waals surface area contributed by atoms with Crippen molar-refractivity contribution in [2.45, 2.75) is 46.4 Å². The first-order chi connectivity index (χ1) is 15.0. The molecule has 1 aliphatic rings. The molecule has 0 bridgehead atoms. The van der Waals surface area contributed by atoms with Crippen molar-refractivity contribution in [1.29, 1.82) is 0 Å². The summed E-state index contributed by atoms with van der Waals surface area (Å²) in [4.78, 5) is 7.21. The number of hydrogen-bond acceptors (Lipinski definition) is 4. The molecule has 31 heavy (non-hydrogen) atoms. The second kappa shape index (κ2) is 11.0. The number of aliphatic imine (C=N–C) groups is 1. The van der Waals surface area contributed by atoms with E-state index in [0.29, 0.717) is 13.1 Å². The van der Waals surface area contributed by atoms with Gasteiger partial charge in [-0.2, -0.15) is 0 Å². The Morgan fingerprint density at radius 2 is 1.68 bits per heavy atom. The number of nitrogens with one attached hydrogen (secondary N) is 2. The Hall–Kier alpha value is -2.73. The third kappa shape index (κ3) is 7.17. The van der Waals surface area contributed by atoms with Crippen molar-refractivity contribution in [1.82, 2.24) is 10.6 Å². The molecule has 2 aromatic carbocycles. The van der Waals surface area contributed by atoms with E-state index >= 15 is 0 Å². The van der Waals surface area contributed by atoms with Crippen molar-refractivity contribution in [3.05, 3.63) is 59.7 Å². The summed E-state index contributed by atoms with van der Waals surface area (Å²) < 4.78 is 11.6. The van der Waals surface area contributed by atoms with E-state index in [1.165, 1.54) is 11.3 Å². The highest BCUT2D eigenvalue weighted by Crippen LogP contribution is 2.24. The molecule has 6 heteroatoms. The Kier molecular flexibility index (Phi) is 8.18. The molecule has 3 rings (SSSR count). The molecule has 0 spiro atoms. The van der Waals surface area contributed by atoms with Crippen LogP contribution in [0.5, 0.6) is 5.75 Å². The van der Waals surface area contributed by atoms with Gasteiger partial charge < -0.3 is 25.0 Å². The minimum absolute atomic E-state index is 0.244. The van der Waals surface area contributed by atoms with Crippen molar-refractivity contribution < 1.29 is 9.47 Å². The van der Waals surface area contributed by atoms with Gasteiger partial charge in [0.2, 0.25) is 0 Å². The summed E-state index contributed by atoms with van der Waals surface area (Å²) in [6.07, 6.45) is 0. The van der Waals surface area contributed by atoms with E-state index in [-0.39, 0.29) is 5.60 Å². The van der Waals surface area contributed by atoms with E-state index in [2.05, 4.69) is 73.6 Å². The van der Waals surface area contributed by atoms with Crippen LogP contribution in [0.1, 0.15) is 38.8 Å². The molecule has 0 unspecified atom stereocenters. The number of ether oxygens (including phenoxy) is 2. The maximum absolute atomic E-state index is 6.11. The number of para-hydroxylation sites is 2. The van der Waals surface area contributed by atoms with Crippen LogP contribution in [0.3, 0.4) is 0 Å². The fraction of sp³-hybridized carbons (Fsp3) is 0.480. The summed E-state index contributed by atoms with van der Waals surface area (Å²) in [5, 5.41) is 6.85. The second-order valence-electron chi connectivity index (χ2n) is 8.60. The first kappa shape index (κ1) is 22.9. The van der Waals surface area contributed by atoms with Gasteiger partial charge in [-0.1, -0.05) is 36.4 Å². The minimum Gasteiger partial charge on any atom is -0.488 e. The Morgan fingerprint density at radius 1 is 1.00 bits per heavy atom. The molecule has 0 atom stereocenters. The molecule has 2 N–H and O–H groups in total. The average Bonchev–Trinajstić information content (AvgIpc) is 2.76. The third-order valence-electron chi connectivity index (χ3n) is 4.93. The number of morpholine rings is 1. The Morgan fingerprint density at radius 3 is 2.39 bits per heavy atom. The van der Waals surface area contributed by atoms with Crippen molar-refractivity contribution in [3.8, 4) is 5.75 Å². The Balaban J connectivity index is 1.69. The third-order valence-corrected chi connectivity index (χ3v) is 4.93. The summed E-state index contributed by atoms with van der Waals surface area (Å²) in [5.74, 6) is 1.68. The zero-order chi connectivity index (χ0) is 22.1.